The van der Waals surface area contributed by atoms with E-state index in [0.717, 1.165) is 6.54 Å². The van der Waals surface area contributed by atoms with Gasteiger partial charge in [-0.05, 0) is 31.6 Å². The Balaban J connectivity index is 1.51. The third kappa shape index (κ3) is 4.74. The number of nitrogens with two attached hydrogens (primary N) is 1. The molecule has 2 aliphatic rings. The summed E-state index contributed by atoms with van der Waals surface area (Å²) < 4.78 is 43.3. The van der Waals surface area contributed by atoms with Crippen molar-refractivity contribution in [2.75, 3.05) is 18.5 Å². The first-order chi connectivity index (χ1) is 14.3. The van der Waals surface area contributed by atoms with Gasteiger partial charge in [0.05, 0.1) is 18.1 Å². The van der Waals surface area contributed by atoms with E-state index in [9.17, 15) is 17.9 Å². The van der Waals surface area contributed by atoms with Crippen molar-refractivity contribution in [3.8, 4) is 0 Å². The summed E-state index contributed by atoms with van der Waals surface area (Å²) in [6.45, 7) is 0.549. The fourth-order valence-electron chi connectivity index (χ4n) is 4.75. The van der Waals surface area contributed by atoms with Crippen LogP contribution in [0.5, 0.6) is 0 Å². The summed E-state index contributed by atoms with van der Waals surface area (Å²) in [6, 6.07) is -0.234. The first-order valence-corrected chi connectivity index (χ1v) is 11.9. The first-order valence-electron chi connectivity index (χ1n) is 10.4. The molecule has 2 aromatic heterocycles. The molecule has 3 atom stereocenters. The van der Waals surface area contributed by atoms with E-state index < -0.39 is 28.1 Å². The van der Waals surface area contributed by atoms with Crippen molar-refractivity contribution in [3.05, 3.63) is 18.3 Å². The lowest BCUT2D eigenvalue weighted by molar-refractivity contribution is 0.100. The number of nitrogens with zero attached hydrogens (tertiary/aromatic N) is 3. The van der Waals surface area contributed by atoms with Gasteiger partial charge in [0.25, 0.3) is 0 Å². The summed E-state index contributed by atoms with van der Waals surface area (Å²) in [5.41, 5.74) is 0.457. The Kier molecular flexibility index (Phi) is 6.24. The van der Waals surface area contributed by atoms with Gasteiger partial charge in [-0.25, -0.2) is 19.5 Å². The summed E-state index contributed by atoms with van der Waals surface area (Å²) in [7, 11) is -4.08. The highest BCUT2D eigenvalue weighted by molar-refractivity contribution is 7.84. The summed E-state index contributed by atoms with van der Waals surface area (Å²) >= 11 is 0. The van der Waals surface area contributed by atoms with Gasteiger partial charge in [-0.3, -0.25) is 4.18 Å². The molecule has 0 spiro atoms. The Morgan fingerprint density at radius 2 is 2.03 bits per heavy atom. The molecule has 0 aromatic carbocycles. The van der Waals surface area contributed by atoms with E-state index in [1.165, 1.54) is 44.6 Å². The first kappa shape index (κ1) is 21.4. The molecule has 0 unspecified atom stereocenters. The zero-order chi connectivity index (χ0) is 21.3. The number of aliphatic hydroxyl groups is 1. The van der Waals surface area contributed by atoms with E-state index in [2.05, 4.69) is 19.5 Å². The second-order valence-corrected chi connectivity index (χ2v) is 9.64. The molecule has 11 heteroatoms. The molecule has 4 rings (SSSR count). The zero-order valence-electron chi connectivity index (χ0n) is 16.7. The zero-order valence-corrected chi connectivity index (χ0v) is 17.5. The van der Waals surface area contributed by atoms with Crippen LogP contribution in [0.3, 0.4) is 0 Å². The smallest absolute Gasteiger partial charge is 0.333 e. The number of nitrogens with one attached hydrogen (secondary N) is 1. The minimum absolute atomic E-state index is 0.207. The number of aromatic nitrogens is 3. The molecule has 0 bridgehead atoms. The molecule has 4 N–H and O–H groups in total. The van der Waals surface area contributed by atoms with Crippen molar-refractivity contribution in [1.82, 2.24) is 14.5 Å². The van der Waals surface area contributed by atoms with Crippen LogP contribution in [0.1, 0.15) is 51.0 Å². The maximum atomic E-state index is 14.9. The van der Waals surface area contributed by atoms with Crippen molar-refractivity contribution in [3.63, 3.8) is 0 Å². The lowest BCUT2D eigenvalue weighted by Gasteiger charge is -2.22. The second-order valence-electron chi connectivity index (χ2n) is 8.42. The van der Waals surface area contributed by atoms with Gasteiger partial charge in [-0.2, -0.15) is 8.42 Å². The van der Waals surface area contributed by atoms with Gasteiger partial charge in [0.2, 0.25) is 0 Å². The molecule has 2 aliphatic carbocycles. The van der Waals surface area contributed by atoms with Gasteiger partial charge in [-0.15, -0.1) is 0 Å². The highest BCUT2D eigenvalue weighted by Crippen LogP contribution is 2.38. The van der Waals surface area contributed by atoms with E-state index in [-0.39, 0.29) is 12.6 Å². The number of hydrogen-bond donors (Lipinski definition) is 3. The minimum Gasteiger partial charge on any atom is -0.393 e. The van der Waals surface area contributed by atoms with Crippen molar-refractivity contribution in [1.29, 1.82) is 0 Å². The highest BCUT2D eigenvalue weighted by atomic mass is 32.2. The molecule has 0 amide bonds. The Morgan fingerprint density at radius 3 is 2.77 bits per heavy atom. The lowest BCUT2D eigenvalue weighted by atomic mass is 9.89. The van der Waals surface area contributed by atoms with Gasteiger partial charge < -0.3 is 15.0 Å². The Hall–Kier alpha value is -1.82. The highest BCUT2D eigenvalue weighted by Gasteiger charge is 2.36. The summed E-state index contributed by atoms with van der Waals surface area (Å²) in [4.78, 5) is 8.53. The molecule has 0 saturated heterocycles. The van der Waals surface area contributed by atoms with Gasteiger partial charge in [-0.1, -0.05) is 19.3 Å². The fourth-order valence-corrected chi connectivity index (χ4v) is 5.11. The molecule has 30 heavy (non-hydrogen) atoms. The topological polar surface area (TPSA) is 132 Å². The van der Waals surface area contributed by atoms with Crippen LogP contribution >= 0.6 is 0 Å². The molecule has 0 radical (unpaired) electrons. The van der Waals surface area contributed by atoms with Crippen LogP contribution in [0.4, 0.5) is 10.2 Å². The van der Waals surface area contributed by atoms with Gasteiger partial charge in [0, 0.05) is 24.7 Å². The normalized spacial score (nSPS) is 25.8. The average molecular weight is 442 g/mol. The molecule has 9 nitrogen and oxygen atoms in total. The van der Waals surface area contributed by atoms with Crippen LogP contribution in [0.25, 0.3) is 11.0 Å². The summed E-state index contributed by atoms with van der Waals surface area (Å²) in [5, 5.41) is 18.8. The van der Waals surface area contributed by atoms with E-state index in [1.54, 1.807) is 4.57 Å². The molecule has 2 heterocycles. The predicted molar refractivity (Wildman–Crippen MR) is 109 cm³/mol. The second kappa shape index (κ2) is 8.74. The van der Waals surface area contributed by atoms with E-state index in [4.69, 9.17) is 5.14 Å². The number of halogens is 1. The quantitative estimate of drug-likeness (QED) is 0.599. The monoisotopic (exact) mass is 441 g/mol. The van der Waals surface area contributed by atoms with Crippen molar-refractivity contribution in [2.45, 2.75) is 57.1 Å². The Bertz CT molecular complexity index is 992. The number of aliphatic hydroxyl groups excluding tert-OH is 1. The average Bonchev–Trinajstić information content (AvgIpc) is 3.25. The van der Waals surface area contributed by atoms with E-state index >= 15 is 0 Å². The van der Waals surface area contributed by atoms with Crippen molar-refractivity contribution < 1.29 is 22.1 Å². The molecular formula is C19H28FN5O4S. The standard InChI is InChI=1S/C19H28FN5O4S/c20-15-9-25(14-6-13(16(26)7-14)10-29-30(21,27)28)19-17(15)18(23-11-24-19)22-8-12-4-2-1-3-5-12/h9,11-14,16,26H,1-8,10H2,(H2,21,27,28)(H,22,23,24)/t13-,14+,16-/m0/s1. The molecule has 0 aliphatic heterocycles. The third-order valence-corrected chi connectivity index (χ3v) is 6.78. The molecule has 166 valence electrons. The molecule has 2 saturated carbocycles. The van der Waals surface area contributed by atoms with Crippen LogP contribution in [-0.4, -0.2) is 47.3 Å². The number of rotatable bonds is 7. The van der Waals surface area contributed by atoms with Crippen LogP contribution in [0.15, 0.2) is 12.5 Å². The van der Waals surface area contributed by atoms with Crippen LogP contribution in [-0.2, 0) is 14.5 Å². The van der Waals surface area contributed by atoms with Crippen molar-refractivity contribution in [2.24, 2.45) is 17.0 Å². The van der Waals surface area contributed by atoms with Gasteiger partial charge in [0.15, 0.2) is 5.82 Å². The number of fused-ring (bicyclic) bond motifs is 1. The predicted octanol–water partition coefficient (Wildman–Crippen LogP) is 2.09. The largest absolute Gasteiger partial charge is 0.393 e. The maximum Gasteiger partial charge on any atom is 0.333 e. The molecular weight excluding hydrogens is 413 g/mol. The Labute approximate surface area is 175 Å². The molecule has 2 aromatic rings. The minimum atomic E-state index is -4.08. The third-order valence-electron chi connectivity index (χ3n) is 6.32. The van der Waals surface area contributed by atoms with Gasteiger partial charge in [0.1, 0.15) is 17.8 Å². The van der Waals surface area contributed by atoms with Crippen LogP contribution in [0.2, 0.25) is 0 Å². The molecule has 2 fully saturated rings. The van der Waals surface area contributed by atoms with Crippen LogP contribution < -0.4 is 10.5 Å². The number of hydrogen-bond acceptors (Lipinski definition) is 7. The van der Waals surface area contributed by atoms with Crippen LogP contribution in [0, 0.1) is 17.7 Å². The SMILES string of the molecule is NS(=O)(=O)OC[C@@H]1C[C@@H](n2cc(F)c3c(NCC4CCCCC4)ncnc32)C[C@@H]1O. The van der Waals surface area contributed by atoms with E-state index in [0.29, 0.717) is 35.6 Å². The summed E-state index contributed by atoms with van der Waals surface area (Å²) in [6.07, 6.45) is 8.88. The fraction of sp³-hybridized carbons (Fsp3) is 0.684. The number of anilines is 1. The Morgan fingerprint density at radius 1 is 1.27 bits per heavy atom. The van der Waals surface area contributed by atoms with Crippen molar-refractivity contribution >= 4 is 27.2 Å². The maximum absolute atomic E-state index is 14.9. The lowest BCUT2D eigenvalue weighted by Crippen LogP contribution is -2.24. The van der Waals surface area contributed by atoms with E-state index in [1.807, 2.05) is 0 Å². The summed E-state index contributed by atoms with van der Waals surface area (Å²) in [5.74, 6) is 0.211. The van der Waals surface area contributed by atoms with Gasteiger partial charge >= 0.3 is 10.3 Å².